The number of aliphatic carboxylic acids is 1. The molecule has 0 aromatic heterocycles. The van der Waals surface area contributed by atoms with Crippen molar-refractivity contribution in [2.24, 2.45) is 0 Å². The van der Waals surface area contributed by atoms with Crippen LogP contribution in [0.2, 0.25) is 18.1 Å². The van der Waals surface area contributed by atoms with Gasteiger partial charge in [0.15, 0.2) is 13.2 Å². The summed E-state index contributed by atoms with van der Waals surface area (Å²) in [5.74, 6) is -2.04. The van der Waals surface area contributed by atoms with Gasteiger partial charge in [-0.15, -0.1) is 0 Å². The molecule has 0 aliphatic carbocycles. The monoisotopic (exact) mass is 647 g/mol. The zero-order chi connectivity index (χ0) is 33.4. The molecule has 1 rings (SSSR count). The molecule has 1 atom stereocenters. The maximum Gasteiger partial charge on any atom is 0.410 e. The Hall–Kier alpha value is -3.12. The van der Waals surface area contributed by atoms with Crippen LogP contribution in [0.4, 0.5) is 10.5 Å². The second-order valence-electron chi connectivity index (χ2n) is 12.6. The number of alkyl carbamates (subject to hydrolysis) is 1. The topological polar surface area (TPSA) is 207 Å². The SMILES string of the molecule is CN(CC(=O)O)NC(=O)C(CCCCNS(=O)(=O)c1ccccc1[N+](=O)[O-])(NC(=O)OC(C)(C)C)O[Si](C)(C)C(C)(C)C. The number of para-hydroxylation sites is 1. The van der Waals surface area contributed by atoms with Crippen LogP contribution in [0.5, 0.6) is 0 Å². The lowest BCUT2D eigenvalue weighted by Gasteiger charge is -2.45. The fourth-order valence-corrected chi connectivity index (χ4v) is 6.20. The van der Waals surface area contributed by atoms with Crippen LogP contribution in [0, 0.1) is 10.1 Å². The number of hydrazine groups is 1. The predicted octanol–water partition coefficient (Wildman–Crippen LogP) is 3.33. The molecule has 0 saturated carbocycles. The maximum absolute atomic E-state index is 13.8. The largest absolute Gasteiger partial charge is 0.480 e. The molecule has 0 heterocycles. The lowest BCUT2D eigenvalue weighted by Crippen LogP contribution is -2.67. The van der Waals surface area contributed by atoms with Crippen LogP contribution in [0.25, 0.3) is 0 Å². The molecular formula is C26H45N5O10SSi. The number of nitro benzene ring substituents is 1. The first kappa shape index (κ1) is 37.9. The summed E-state index contributed by atoms with van der Waals surface area (Å²) in [6.45, 7) is 13.8. The minimum Gasteiger partial charge on any atom is -0.480 e. The number of nitrogens with zero attached hydrogens (tertiary/aromatic N) is 2. The standard InChI is InChI=1S/C26H45N5O10SSi/c1-24(2,3)40-23(35)28-26(41-43(8,9)25(4,5)6,22(34)29-30(7)18-21(32)33)16-12-13-17-27-42(38,39)20-15-11-10-14-19(20)31(36)37/h10-11,14-15,27H,12-13,16-18H2,1-9H3,(H,28,35)(H,29,34)(H,32,33). The van der Waals surface area contributed by atoms with Crippen LogP contribution in [-0.2, 0) is 28.8 Å². The van der Waals surface area contributed by atoms with Gasteiger partial charge in [0.1, 0.15) is 12.1 Å². The first-order valence-corrected chi connectivity index (χ1v) is 18.0. The molecule has 4 N–H and O–H groups in total. The molecule has 43 heavy (non-hydrogen) atoms. The molecule has 2 amide bonds. The maximum atomic E-state index is 13.8. The van der Waals surface area contributed by atoms with Crippen molar-refractivity contribution in [3.8, 4) is 0 Å². The van der Waals surface area contributed by atoms with Crippen molar-refractivity contribution in [2.45, 2.75) is 95.2 Å². The Bertz CT molecular complexity index is 1280. The number of rotatable bonds is 15. The van der Waals surface area contributed by atoms with Gasteiger partial charge in [-0.3, -0.25) is 30.4 Å². The van der Waals surface area contributed by atoms with Crippen LogP contribution >= 0.6 is 0 Å². The van der Waals surface area contributed by atoms with Crippen LogP contribution in [-0.4, -0.2) is 81.2 Å². The van der Waals surface area contributed by atoms with Crippen molar-refractivity contribution in [2.75, 3.05) is 20.1 Å². The van der Waals surface area contributed by atoms with Gasteiger partial charge in [0.05, 0.1) is 4.92 Å². The number of nitrogens with one attached hydrogen (secondary N) is 3. The van der Waals surface area contributed by atoms with Gasteiger partial charge in [-0.2, -0.15) is 0 Å². The number of amides is 2. The lowest BCUT2D eigenvalue weighted by molar-refractivity contribution is -0.387. The molecule has 0 saturated heterocycles. The van der Waals surface area contributed by atoms with E-state index in [1.54, 1.807) is 20.8 Å². The number of ether oxygens (including phenoxy) is 1. The second kappa shape index (κ2) is 14.6. The Morgan fingerprint density at radius 3 is 2.16 bits per heavy atom. The van der Waals surface area contributed by atoms with Crippen LogP contribution in [0.3, 0.4) is 0 Å². The van der Waals surface area contributed by atoms with E-state index in [0.29, 0.717) is 0 Å². The minimum absolute atomic E-state index is 0.139. The molecule has 0 fully saturated rings. The van der Waals surface area contributed by atoms with Crippen LogP contribution in [0.1, 0.15) is 60.8 Å². The summed E-state index contributed by atoms with van der Waals surface area (Å²) in [5.41, 5.74) is -1.04. The Kier molecular flexibility index (Phi) is 12.8. The molecule has 244 valence electrons. The zero-order valence-corrected chi connectivity index (χ0v) is 28.1. The van der Waals surface area contributed by atoms with Gasteiger partial charge < -0.3 is 14.3 Å². The number of carboxylic acid groups (broad SMARTS) is 1. The summed E-state index contributed by atoms with van der Waals surface area (Å²) >= 11 is 0. The summed E-state index contributed by atoms with van der Waals surface area (Å²) in [6.07, 6.45) is -0.797. The highest BCUT2D eigenvalue weighted by Crippen LogP contribution is 2.40. The molecule has 0 bridgehead atoms. The summed E-state index contributed by atoms with van der Waals surface area (Å²) in [6, 6.07) is 4.94. The molecular weight excluding hydrogens is 602 g/mol. The van der Waals surface area contributed by atoms with Crippen molar-refractivity contribution in [1.82, 2.24) is 20.5 Å². The fraction of sp³-hybridized carbons (Fsp3) is 0.654. The molecule has 1 aromatic carbocycles. The van der Waals surface area contributed by atoms with E-state index < -0.39 is 74.7 Å². The number of benzene rings is 1. The van der Waals surface area contributed by atoms with Crippen molar-refractivity contribution in [1.29, 1.82) is 0 Å². The molecule has 1 aromatic rings. The molecule has 17 heteroatoms. The number of carbonyl (C=O) groups is 3. The highest BCUT2D eigenvalue weighted by atomic mass is 32.2. The molecule has 0 spiro atoms. The number of carboxylic acids is 1. The Labute approximate surface area is 254 Å². The quantitative estimate of drug-likeness (QED) is 0.0714. The van der Waals surface area contributed by atoms with Gasteiger partial charge in [-0.05, 0) is 57.8 Å². The van der Waals surface area contributed by atoms with E-state index in [9.17, 15) is 32.9 Å². The van der Waals surface area contributed by atoms with Gasteiger partial charge in [0.25, 0.3) is 11.6 Å². The van der Waals surface area contributed by atoms with Crippen LogP contribution in [0.15, 0.2) is 29.2 Å². The Morgan fingerprint density at radius 1 is 1.07 bits per heavy atom. The number of unbranched alkanes of at least 4 members (excludes halogenated alkanes) is 1. The van der Waals surface area contributed by atoms with E-state index in [4.69, 9.17) is 14.3 Å². The first-order valence-electron chi connectivity index (χ1n) is 13.6. The van der Waals surface area contributed by atoms with Crippen molar-refractivity contribution in [3.05, 3.63) is 34.4 Å². The second-order valence-corrected chi connectivity index (χ2v) is 19.0. The number of likely N-dealkylation sites (N-methyl/N-ethyl adjacent to an activating group) is 1. The lowest BCUT2D eigenvalue weighted by atomic mass is 10.0. The molecule has 1 unspecified atom stereocenters. The first-order chi connectivity index (χ1) is 19.4. The summed E-state index contributed by atoms with van der Waals surface area (Å²) < 4.78 is 39.8. The summed E-state index contributed by atoms with van der Waals surface area (Å²) in [7, 11) is -5.70. The molecule has 15 nitrogen and oxygen atoms in total. The average Bonchev–Trinajstić information content (AvgIpc) is 2.80. The number of hydrogen-bond acceptors (Lipinski definition) is 10. The van der Waals surface area contributed by atoms with E-state index in [1.807, 2.05) is 33.9 Å². The van der Waals surface area contributed by atoms with Gasteiger partial charge in [0.2, 0.25) is 15.7 Å². The average molecular weight is 648 g/mol. The normalized spacial score (nSPS) is 14.1. The highest BCUT2D eigenvalue weighted by Gasteiger charge is 2.50. The number of sulfonamides is 1. The zero-order valence-electron chi connectivity index (χ0n) is 26.3. The number of nitro groups is 1. The molecule has 0 radical (unpaired) electrons. The third-order valence-electron chi connectivity index (χ3n) is 6.57. The van der Waals surface area contributed by atoms with E-state index in [-0.39, 0.29) is 25.8 Å². The van der Waals surface area contributed by atoms with E-state index in [2.05, 4.69) is 15.5 Å². The third-order valence-corrected chi connectivity index (χ3v) is 12.5. The fourth-order valence-electron chi connectivity index (χ4n) is 3.54. The highest BCUT2D eigenvalue weighted by molar-refractivity contribution is 7.89. The Balaban J connectivity index is 3.33. The van der Waals surface area contributed by atoms with Gasteiger partial charge in [0, 0.05) is 26.1 Å². The van der Waals surface area contributed by atoms with E-state index in [0.717, 1.165) is 17.1 Å². The van der Waals surface area contributed by atoms with Crippen molar-refractivity contribution in [3.63, 3.8) is 0 Å². The molecule has 0 aliphatic heterocycles. The number of carbonyl (C=O) groups excluding carboxylic acids is 2. The minimum atomic E-state index is -4.23. The van der Waals surface area contributed by atoms with Gasteiger partial charge in [-0.1, -0.05) is 32.9 Å². The summed E-state index contributed by atoms with van der Waals surface area (Å²) in [5, 5.41) is 23.7. The van der Waals surface area contributed by atoms with E-state index >= 15 is 0 Å². The Morgan fingerprint density at radius 2 is 1.65 bits per heavy atom. The van der Waals surface area contributed by atoms with Crippen molar-refractivity contribution >= 4 is 42.0 Å². The predicted molar refractivity (Wildman–Crippen MR) is 161 cm³/mol. The van der Waals surface area contributed by atoms with Crippen LogP contribution < -0.4 is 15.5 Å². The smallest absolute Gasteiger partial charge is 0.410 e. The van der Waals surface area contributed by atoms with Crippen molar-refractivity contribution < 1.29 is 42.0 Å². The molecule has 0 aliphatic rings. The number of hydrogen-bond donors (Lipinski definition) is 4. The summed E-state index contributed by atoms with van der Waals surface area (Å²) in [4.78, 5) is 48.0. The third kappa shape index (κ3) is 11.8. The van der Waals surface area contributed by atoms with Gasteiger partial charge in [-0.25, -0.2) is 22.9 Å². The van der Waals surface area contributed by atoms with E-state index in [1.165, 1.54) is 19.2 Å². The van der Waals surface area contributed by atoms with Gasteiger partial charge >= 0.3 is 12.1 Å².